The van der Waals surface area contributed by atoms with E-state index >= 15 is 0 Å². The van der Waals surface area contributed by atoms with Crippen molar-refractivity contribution in [3.05, 3.63) is 0 Å². The summed E-state index contributed by atoms with van der Waals surface area (Å²) in [4.78, 5) is 3.67. The molecular weight excluding hydrogens is 142 g/mol. The molecule has 0 unspecified atom stereocenters. The maximum absolute atomic E-state index is 5.11. The lowest BCUT2D eigenvalue weighted by Crippen LogP contribution is -2.23. The Hall–Kier alpha value is -0.770. The van der Waals surface area contributed by atoms with E-state index in [1.165, 1.54) is 0 Å². The molecule has 66 valence electrons. The monoisotopic (exact) mass is 159 g/mol. The molecule has 0 aliphatic heterocycles. The molecule has 0 spiro atoms. The topological polar surface area (TPSA) is 73.6 Å². The zero-order valence-electron chi connectivity index (χ0n) is 7.21. The molecule has 0 fully saturated rings. The summed E-state index contributed by atoms with van der Waals surface area (Å²) in [6.07, 6.45) is 1.04. The van der Waals surface area contributed by atoms with Gasteiger partial charge in [0, 0.05) is 6.61 Å². The third-order valence-electron chi connectivity index (χ3n) is 1.18. The van der Waals surface area contributed by atoms with Gasteiger partial charge in [-0.1, -0.05) is 13.8 Å². The number of nitrogens with zero attached hydrogens (tertiary/aromatic N) is 1. The van der Waals surface area contributed by atoms with E-state index in [4.69, 9.17) is 16.2 Å². The highest BCUT2D eigenvalue weighted by Crippen LogP contribution is 1.98. The van der Waals surface area contributed by atoms with Crippen molar-refractivity contribution < 1.29 is 4.74 Å². The highest BCUT2D eigenvalue weighted by molar-refractivity contribution is 5.75. The fourth-order valence-corrected chi connectivity index (χ4v) is 0.504. The van der Waals surface area contributed by atoms with Crippen LogP contribution in [0.3, 0.4) is 0 Å². The normalized spacial score (nSPS) is 10.1. The molecule has 4 heteroatoms. The van der Waals surface area contributed by atoms with Crippen LogP contribution in [0.1, 0.15) is 20.3 Å². The number of hydrogen-bond acceptors (Lipinski definition) is 2. The molecule has 0 aliphatic rings. The van der Waals surface area contributed by atoms with E-state index in [1.54, 1.807) is 0 Å². The Morgan fingerprint density at radius 2 is 2.09 bits per heavy atom. The van der Waals surface area contributed by atoms with Crippen LogP contribution in [0.2, 0.25) is 0 Å². The summed E-state index contributed by atoms with van der Waals surface area (Å²) >= 11 is 0. The summed E-state index contributed by atoms with van der Waals surface area (Å²) in [7, 11) is 0. The molecule has 0 saturated heterocycles. The Morgan fingerprint density at radius 3 is 2.55 bits per heavy atom. The summed E-state index contributed by atoms with van der Waals surface area (Å²) in [5.41, 5.74) is 10.2. The zero-order valence-corrected chi connectivity index (χ0v) is 7.21. The molecule has 0 saturated carbocycles. The second-order valence-corrected chi connectivity index (χ2v) is 2.80. The molecule has 0 aromatic rings. The van der Waals surface area contributed by atoms with Crippen molar-refractivity contribution in [3.8, 4) is 0 Å². The van der Waals surface area contributed by atoms with E-state index in [9.17, 15) is 0 Å². The van der Waals surface area contributed by atoms with Crippen molar-refractivity contribution in [1.82, 2.24) is 0 Å². The predicted molar refractivity (Wildman–Crippen MR) is 46.1 cm³/mol. The highest BCUT2D eigenvalue weighted by Gasteiger charge is 1.92. The average molecular weight is 159 g/mol. The third-order valence-corrected chi connectivity index (χ3v) is 1.18. The smallest absolute Gasteiger partial charge is 0.188 e. The molecule has 11 heavy (non-hydrogen) atoms. The first-order chi connectivity index (χ1) is 5.13. The summed E-state index contributed by atoms with van der Waals surface area (Å²) in [5, 5.41) is 0. The molecule has 0 bridgehead atoms. The van der Waals surface area contributed by atoms with Gasteiger partial charge in [-0.3, -0.25) is 0 Å². The first kappa shape index (κ1) is 10.2. The van der Waals surface area contributed by atoms with Gasteiger partial charge in [-0.15, -0.1) is 0 Å². The van der Waals surface area contributed by atoms with Crippen LogP contribution >= 0.6 is 0 Å². The minimum Gasteiger partial charge on any atom is -0.370 e. The Balaban J connectivity index is 3.09. The number of aliphatic imine (C=N–C) groups is 1. The van der Waals surface area contributed by atoms with Crippen molar-refractivity contribution in [2.45, 2.75) is 20.3 Å². The van der Waals surface area contributed by atoms with Gasteiger partial charge >= 0.3 is 0 Å². The van der Waals surface area contributed by atoms with Crippen LogP contribution in [0.5, 0.6) is 0 Å². The number of nitrogens with two attached hydrogens (primary N) is 2. The van der Waals surface area contributed by atoms with Gasteiger partial charge in [0.2, 0.25) is 0 Å². The molecule has 4 nitrogen and oxygen atoms in total. The first-order valence-corrected chi connectivity index (χ1v) is 3.76. The Morgan fingerprint density at radius 1 is 1.45 bits per heavy atom. The van der Waals surface area contributed by atoms with Crippen molar-refractivity contribution in [3.63, 3.8) is 0 Å². The second kappa shape index (κ2) is 5.97. The number of hydrogen-bond donors (Lipinski definition) is 2. The van der Waals surface area contributed by atoms with Gasteiger partial charge in [-0.2, -0.15) is 0 Å². The maximum atomic E-state index is 5.11. The third kappa shape index (κ3) is 9.23. The van der Waals surface area contributed by atoms with E-state index in [1.807, 2.05) is 0 Å². The lowest BCUT2D eigenvalue weighted by Gasteiger charge is -2.03. The Kier molecular flexibility index (Phi) is 5.56. The van der Waals surface area contributed by atoms with Gasteiger partial charge in [0.05, 0.1) is 0 Å². The Bertz CT molecular complexity index is 119. The van der Waals surface area contributed by atoms with Crippen LogP contribution in [0.25, 0.3) is 0 Å². The molecule has 0 heterocycles. The molecule has 0 aromatic carbocycles. The minimum atomic E-state index is 0.0783. The van der Waals surface area contributed by atoms with Crippen LogP contribution in [0.15, 0.2) is 4.99 Å². The Labute approximate surface area is 67.6 Å². The van der Waals surface area contributed by atoms with Gasteiger partial charge in [0.1, 0.15) is 6.73 Å². The van der Waals surface area contributed by atoms with Crippen LogP contribution in [0.4, 0.5) is 0 Å². The van der Waals surface area contributed by atoms with Crippen LogP contribution in [0, 0.1) is 5.92 Å². The second-order valence-electron chi connectivity index (χ2n) is 2.80. The molecule has 4 N–H and O–H groups in total. The summed E-state index contributed by atoms with van der Waals surface area (Å²) in [6, 6.07) is 0. The fourth-order valence-electron chi connectivity index (χ4n) is 0.504. The molecule has 0 aliphatic carbocycles. The summed E-state index contributed by atoms with van der Waals surface area (Å²) in [5.74, 6) is 0.740. The van der Waals surface area contributed by atoms with E-state index in [-0.39, 0.29) is 12.7 Å². The van der Waals surface area contributed by atoms with Crippen molar-refractivity contribution in [1.29, 1.82) is 0 Å². The molecule has 0 radical (unpaired) electrons. The van der Waals surface area contributed by atoms with Crippen LogP contribution in [-0.2, 0) is 4.74 Å². The van der Waals surface area contributed by atoms with Gasteiger partial charge in [-0.05, 0) is 12.3 Å². The van der Waals surface area contributed by atoms with E-state index in [0.29, 0.717) is 12.5 Å². The predicted octanol–water partition coefficient (Wildman–Crippen LogP) is 0.280. The molecule has 0 atom stereocenters. The number of guanidine groups is 1. The largest absolute Gasteiger partial charge is 0.370 e. The summed E-state index contributed by atoms with van der Waals surface area (Å²) in [6.45, 7) is 5.28. The molecule has 0 amide bonds. The quantitative estimate of drug-likeness (QED) is 0.344. The van der Waals surface area contributed by atoms with Gasteiger partial charge in [-0.25, -0.2) is 4.99 Å². The molecular formula is C7H17N3O. The standard InChI is InChI=1S/C7H17N3O/c1-6(2)3-4-11-5-10-7(8)9/h6H,3-5H2,1-2H3,(H4,8,9,10). The molecule has 0 aromatic heterocycles. The number of ether oxygens (including phenoxy) is 1. The SMILES string of the molecule is CC(C)CCOCN=C(N)N. The van der Waals surface area contributed by atoms with Crippen LogP contribution < -0.4 is 11.5 Å². The van der Waals surface area contributed by atoms with Gasteiger partial charge < -0.3 is 16.2 Å². The fraction of sp³-hybridized carbons (Fsp3) is 0.857. The van der Waals surface area contributed by atoms with Gasteiger partial charge in [0.15, 0.2) is 5.96 Å². The number of rotatable bonds is 5. The lowest BCUT2D eigenvalue weighted by molar-refractivity contribution is 0.131. The van der Waals surface area contributed by atoms with Gasteiger partial charge in [0.25, 0.3) is 0 Å². The lowest BCUT2D eigenvalue weighted by atomic mass is 10.1. The van der Waals surface area contributed by atoms with Crippen molar-refractivity contribution in [2.75, 3.05) is 13.3 Å². The molecule has 0 rings (SSSR count). The van der Waals surface area contributed by atoms with Crippen molar-refractivity contribution in [2.24, 2.45) is 22.4 Å². The van der Waals surface area contributed by atoms with Crippen LogP contribution in [-0.4, -0.2) is 19.3 Å². The minimum absolute atomic E-state index is 0.0783. The van der Waals surface area contributed by atoms with Crippen molar-refractivity contribution >= 4 is 5.96 Å². The van der Waals surface area contributed by atoms with E-state index < -0.39 is 0 Å². The maximum Gasteiger partial charge on any atom is 0.188 e. The summed E-state index contributed by atoms with van der Waals surface area (Å²) < 4.78 is 5.11. The zero-order chi connectivity index (χ0) is 8.69. The van der Waals surface area contributed by atoms with E-state index in [2.05, 4.69) is 18.8 Å². The first-order valence-electron chi connectivity index (χ1n) is 3.76. The average Bonchev–Trinajstić information content (AvgIpc) is 1.85. The van der Waals surface area contributed by atoms with E-state index in [0.717, 1.165) is 6.42 Å². The highest BCUT2D eigenvalue weighted by atomic mass is 16.5.